The van der Waals surface area contributed by atoms with Crippen LogP contribution in [0.15, 0.2) is 64.6 Å². The first-order valence-electron chi connectivity index (χ1n) is 6.20. The van der Waals surface area contributed by atoms with Crippen molar-refractivity contribution in [1.29, 1.82) is 0 Å². The summed E-state index contributed by atoms with van der Waals surface area (Å²) in [6.45, 7) is 2.01. The number of hydrogen-bond donors (Lipinski definition) is 3. The van der Waals surface area contributed by atoms with Gasteiger partial charge in [-0.05, 0) is 31.2 Å². The molecule has 0 aliphatic carbocycles. The molecule has 2 aromatic rings. The van der Waals surface area contributed by atoms with Gasteiger partial charge in [-0.3, -0.25) is 0 Å². The number of nitrogens with two attached hydrogens (primary N) is 2. The summed E-state index contributed by atoms with van der Waals surface area (Å²) in [5.41, 5.74) is 14.3. The van der Waals surface area contributed by atoms with Crippen LogP contribution in [-0.4, -0.2) is 11.9 Å². The molecule has 0 fully saturated rings. The minimum Gasteiger partial charge on any atom is -0.369 e. The van der Waals surface area contributed by atoms with Gasteiger partial charge in [0.1, 0.15) is 0 Å². The summed E-state index contributed by atoms with van der Waals surface area (Å²) in [6.07, 6.45) is 0. The van der Waals surface area contributed by atoms with E-state index in [9.17, 15) is 0 Å². The standard InChI is InChI=1S/C15H17N5/c1-11-7-9-13(10-8-11)19-15(17)20-14(16)18-12-5-3-2-4-6-12/h2-10H,1H3,(H5,16,17,18,19,20). The second-order valence-corrected chi connectivity index (χ2v) is 4.29. The van der Waals surface area contributed by atoms with Gasteiger partial charge in [0.2, 0.25) is 11.9 Å². The summed E-state index contributed by atoms with van der Waals surface area (Å²) in [4.78, 5) is 8.17. The first-order valence-corrected chi connectivity index (χ1v) is 6.20. The lowest BCUT2D eigenvalue weighted by atomic mass is 10.2. The molecule has 0 aromatic heterocycles. The number of benzene rings is 2. The van der Waals surface area contributed by atoms with Gasteiger partial charge in [-0.2, -0.15) is 4.99 Å². The van der Waals surface area contributed by atoms with Crippen LogP contribution in [0.4, 0.5) is 11.4 Å². The van der Waals surface area contributed by atoms with Crippen LogP contribution in [0.3, 0.4) is 0 Å². The number of aliphatic imine (C=N–C) groups is 2. The van der Waals surface area contributed by atoms with E-state index in [4.69, 9.17) is 11.5 Å². The smallest absolute Gasteiger partial charge is 0.223 e. The highest BCUT2D eigenvalue weighted by Crippen LogP contribution is 2.12. The SMILES string of the molecule is Cc1ccc(N=C(N)/N=C(\N)Nc2ccccc2)cc1. The number of para-hydroxylation sites is 1. The fourth-order valence-corrected chi connectivity index (χ4v) is 1.60. The van der Waals surface area contributed by atoms with Crippen molar-refractivity contribution in [2.45, 2.75) is 6.92 Å². The Morgan fingerprint density at radius 3 is 2.25 bits per heavy atom. The molecule has 102 valence electrons. The van der Waals surface area contributed by atoms with Crippen molar-refractivity contribution in [3.63, 3.8) is 0 Å². The Labute approximate surface area is 118 Å². The topological polar surface area (TPSA) is 88.8 Å². The molecule has 0 unspecified atom stereocenters. The third-order valence-electron chi connectivity index (χ3n) is 2.56. The van der Waals surface area contributed by atoms with Gasteiger partial charge in [0.15, 0.2) is 0 Å². The van der Waals surface area contributed by atoms with Crippen LogP contribution < -0.4 is 16.8 Å². The van der Waals surface area contributed by atoms with Crippen molar-refractivity contribution >= 4 is 23.3 Å². The summed E-state index contributed by atoms with van der Waals surface area (Å²) in [7, 11) is 0. The third-order valence-corrected chi connectivity index (χ3v) is 2.56. The van der Waals surface area contributed by atoms with Crippen LogP contribution in [0.25, 0.3) is 0 Å². The fraction of sp³-hybridized carbons (Fsp3) is 0.0667. The maximum atomic E-state index is 5.76. The molecular weight excluding hydrogens is 250 g/mol. The number of anilines is 1. The zero-order chi connectivity index (χ0) is 14.4. The molecule has 5 nitrogen and oxygen atoms in total. The summed E-state index contributed by atoms with van der Waals surface area (Å²) in [6, 6.07) is 17.2. The third kappa shape index (κ3) is 4.13. The lowest BCUT2D eigenvalue weighted by Crippen LogP contribution is -2.25. The average molecular weight is 267 g/mol. The predicted octanol–water partition coefficient (Wildman–Crippen LogP) is 2.37. The maximum absolute atomic E-state index is 5.76. The molecular formula is C15H17N5. The number of nitrogens with zero attached hydrogens (tertiary/aromatic N) is 2. The van der Waals surface area contributed by atoms with Gasteiger partial charge in [-0.25, -0.2) is 4.99 Å². The van der Waals surface area contributed by atoms with Crippen LogP contribution in [-0.2, 0) is 0 Å². The van der Waals surface area contributed by atoms with Crippen molar-refractivity contribution in [3.05, 3.63) is 60.2 Å². The Morgan fingerprint density at radius 2 is 1.60 bits per heavy atom. The van der Waals surface area contributed by atoms with Crippen molar-refractivity contribution < 1.29 is 0 Å². The van der Waals surface area contributed by atoms with Gasteiger partial charge < -0.3 is 16.8 Å². The molecule has 0 amide bonds. The molecule has 5 heteroatoms. The van der Waals surface area contributed by atoms with E-state index in [0.717, 1.165) is 16.9 Å². The summed E-state index contributed by atoms with van der Waals surface area (Å²) in [5.74, 6) is 0.305. The Morgan fingerprint density at radius 1 is 0.950 bits per heavy atom. The van der Waals surface area contributed by atoms with E-state index in [-0.39, 0.29) is 11.9 Å². The van der Waals surface area contributed by atoms with Gasteiger partial charge in [-0.1, -0.05) is 35.9 Å². The molecule has 2 rings (SSSR count). The second-order valence-electron chi connectivity index (χ2n) is 4.29. The van der Waals surface area contributed by atoms with Crippen molar-refractivity contribution in [1.82, 2.24) is 0 Å². The minimum absolute atomic E-state index is 0.106. The van der Waals surface area contributed by atoms with Crippen LogP contribution in [0, 0.1) is 6.92 Å². The van der Waals surface area contributed by atoms with Gasteiger partial charge >= 0.3 is 0 Å². The highest BCUT2D eigenvalue weighted by molar-refractivity contribution is 6.01. The lowest BCUT2D eigenvalue weighted by molar-refractivity contribution is 1.37. The van der Waals surface area contributed by atoms with E-state index in [1.165, 1.54) is 0 Å². The summed E-state index contributed by atoms with van der Waals surface area (Å²) >= 11 is 0. The molecule has 0 atom stereocenters. The number of hydrogen-bond acceptors (Lipinski definition) is 1. The molecule has 0 saturated heterocycles. The first kappa shape index (κ1) is 13.6. The second kappa shape index (κ2) is 6.38. The van der Waals surface area contributed by atoms with Crippen molar-refractivity contribution in [3.8, 4) is 0 Å². The van der Waals surface area contributed by atoms with E-state index in [2.05, 4.69) is 15.3 Å². The highest BCUT2D eigenvalue weighted by Gasteiger charge is 1.96. The van der Waals surface area contributed by atoms with E-state index in [1.54, 1.807) is 0 Å². The molecule has 2 aromatic carbocycles. The highest BCUT2D eigenvalue weighted by atomic mass is 15.2. The first-order chi connectivity index (χ1) is 9.63. The zero-order valence-electron chi connectivity index (χ0n) is 11.2. The van der Waals surface area contributed by atoms with Crippen LogP contribution >= 0.6 is 0 Å². The molecule has 0 bridgehead atoms. The van der Waals surface area contributed by atoms with Crippen LogP contribution in [0.2, 0.25) is 0 Å². The molecule has 0 heterocycles. The quantitative estimate of drug-likeness (QED) is 0.576. The molecule has 0 radical (unpaired) electrons. The summed E-state index contributed by atoms with van der Waals surface area (Å²) < 4.78 is 0. The Kier molecular flexibility index (Phi) is 4.34. The largest absolute Gasteiger partial charge is 0.369 e. The monoisotopic (exact) mass is 267 g/mol. The number of aryl methyl sites for hydroxylation is 1. The molecule has 0 spiro atoms. The van der Waals surface area contributed by atoms with Crippen LogP contribution in [0.1, 0.15) is 5.56 Å². The Balaban J connectivity index is 2.07. The van der Waals surface area contributed by atoms with Crippen molar-refractivity contribution in [2.24, 2.45) is 21.5 Å². The van der Waals surface area contributed by atoms with Gasteiger partial charge in [0.05, 0.1) is 5.69 Å². The fourth-order valence-electron chi connectivity index (χ4n) is 1.60. The molecule has 0 aliphatic rings. The van der Waals surface area contributed by atoms with Crippen molar-refractivity contribution in [2.75, 3.05) is 5.32 Å². The Bertz CT molecular complexity index is 614. The van der Waals surface area contributed by atoms with Gasteiger partial charge in [0, 0.05) is 5.69 Å². The molecule has 0 saturated carbocycles. The number of guanidine groups is 2. The minimum atomic E-state index is 0.106. The number of rotatable bonds is 2. The Hall–Kier alpha value is -2.82. The average Bonchev–Trinajstić information content (AvgIpc) is 2.42. The maximum Gasteiger partial charge on any atom is 0.223 e. The normalized spacial score (nSPS) is 12.2. The molecule has 0 aliphatic heterocycles. The van der Waals surface area contributed by atoms with E-state index in [0.29, 0.717) is 0 Å². The number of nitrogens with one attached hydrogen (secondary N) is 1. The van der Waals surface area contributed by atoms with Gasteiger partial charge in [0.25, 0.3) is 0 Å². The lowest BCUT2D eigenvalue weighted by Gasteiger charge is -2.04. The molecule has 20 heavy (non-hydrogen) atoms. The van der Waals surface area contributed by atoms with E-state index >= 15 is 0 Å². The zero-order valence-corrected chi connectivity index (χ0v) is 11.2. The van der Waals surface area contributed by atoms with E-state index in [1.807, 2.05) is 61.5 Å². The van der Waals surface area contributed by atoms with E-state index < -0.39 is 0 Å². The predicted molar refractivity (Wildman–Crippen MR) is 84.1 cm³/mol. The summed E-state index contributed by atoms with van der Waals surface area (Å²) in [5, 5.41) is 2.93. The molecule has 5 N–H and O–H groups in total. The van der Waals surface area contributed by atoms with Crippen LogP contribution in [0.5, 0.6) is 0 Å². The van der Waals surface area contributed by atoms with Gasteiger partial charge in [-0.15, -0.1) is 0 Å².